The van der Waals surface area contributed by atoms with Gasteiger partial charge >= 0.3 is 0 Å². The van der Waals surface area contributed by atoms with Gasteiger partial charge in [0.05, 0.1) is 11.4 Å². The highest BCUT2D eigenvalue weighted by atomic mass is 16.2. The molecule has 1 aliphatic rings. The van der Waals surface area contributed by atoms with E-state index in [2.05, 4.69) is 10.2 Å². The zero-order valence-electron chi connectivity index (χ0n) is 12.3. The van der Waals surface area contributed by atoms with Crippen molar-refractivity contribution in [2.45, 2.75) is 20.8 Å². The van der Waals surface area contributed by atoms with Crippen LogP contribution in [0, 0.1) is 6.92 Å². The van der Waals surface area contributed by atoms with Gasteiger partial charge in [0.25, 0.3) is 0 Å². The van der Waals surface area contributed by atoms with Gasteiger partial charge in [-0.1, -0.05) is 6.07 Å². The number of amides is 2. The van der Waals surface area contributed by atoms with Gasteiger partial charge in [0.15, 0.2) is 0 Å². The molecule has 2 rings (SSSR count). The molecule has 0 bridgehead atoms. The molecule has 1 aromatic carbocycles. The molecule has 0 saturated carbocycles. The number of aryl methyl sites for hydroxylation is 1. The molecular formula is C15H21N3O2. The van der Waals surface area contributed by atoms with Crippen molar-refractivity contribution in [1.29, 1.82) is 0 Å². The molecule has 1 saturated heterocycles. The van der Waals surface area contributed by atoms with Crippen molar-refractivity contribution in [2.75, 3.05) is 36.4 Å². The quantitative estimate of drug-likeness (QED) is 0.892. The molecule has 0 aromatic heterocycles. The number of carbonyl (C=O) groups is 2. The minimum Gasteiger partial charge on any atom is -0.366 e. The largest absolute Gasteiger partial charge is 0.366 e. The maximum atomic E-state index is 11.3. The number of carbonyl (C=O) groups excluding carboxylic acids is 2. The maximum absolute atomic E-state index is 11.3. The van der Waals surface area contributed by atoms with Crippen LogP contribution in [0.3, 0.4) is 0 Å². The summed E-state index contributed by atoms with van der Waals surface area (Å²) in [5.41, 5.74) is 2.97. The fourth-order valence-electron chi connectivity index (χ4n) is 2.48. The van der Waals surface area contributed by atoms with Crippen molar-refractivity contribution in [2.24, 2.45) is 0 Å². The Hall–Kier alpha value is -2.04. The van der Waals surface area contributed by atoms with Crippen molar-refractivity contribution >= 4 is 23.2 Å². The standard InChI is InChI=1S/C15H21N3O2/c1-11-4-5-15(14(10-11)16-12(2)19)18-8-6-17(7-9-18)13(3)20/h4-5,10H,6-9H2,1-3H3,(H,16,19). The van der Waals surface area contributed by atoms with Crippen LogP contribution in [-0.2, 0) is 9.59 Å². The molecule has 0 radical (unpaired) electrons. The highest BCUT2D eigenvalue weighted by Crippen LogP contribution is 2.28. The van der Waals surface area contributed by atoms with E-state index in [-0.39, 0.29) is 11.8 Å². The molecule has 0 atom stereocenters. The van der Waals surface area contributed by atoms with Gasteiger partial charge in [-0.3, -0.25) is 9.59 Å². The molecule has 0 aliphatic carbocycles. The lowest BCUT2D eigenvalue weighted by Crippen LogP contribution is -2.48. The molecule has 0 spiro atoms. The van der Waals surface area contributed by atoms with Crippen molar-refractivity contribution in [3.8, 4) is 0 Å². The van der Waals surface area contributed by atoms with Gasteiger partial charge in [-0.25, -0.2) is 0 Å². The van der Waals surface area contributed by atoms with Gasteiger partial charge < -0.3 is 15.1 Å². The van der Waals surface area contributed by atoms with Crippen LogP contribution in [0.25, 0.3) is 0 Å². The Kier molecular flexibility index (Phi) is 4.27. The fraction of sp³-hybridized carbons (Fsp3) is 0.467. The SMILES string of the molecule is CC(=O)Nc1cc(C)ccc1N1CCN(C(C)=O)CC1. The number of nitrogens with one attached hydrogen (secondary N) is 1. The molecule has 1 aliphatic heterocycles. The van der Waals surface area contributed by atoms with Crippen LogP contribution in [0.2, 0.25) is 0 Å². The molecular weight excluding hydrogens is 254 g/mol. The van der Waals surface area contributed by atoms with E-state index >= 15 is 0 Å². The van der Waals surface area contributed by atoms with Crippen LogP contribution in [0.1, 0.15) is 19.4 Å². The van der Waals surface area contributed by atoms with Gasteiger partial charge in [-0.15, -0.1) is 0 Å². The normalized spacial score (nSPS) is 15.2. The van der Waals surface area contributed by atoms with E-state index in [4.69, 9.17) is 0 Å². The number of piperazine rings is 1. The average molecular weight is 275 g/mol. The second-order valence-electron chi connectivity index (χ2n) is 5.19. The van der Waals surface area contributed by atoms with E-state index in [1.807, 2.05) is 30.0 Å². The summed E-state index contributed by atoms with van der Waals surface area (Å²) in [5, 5.41) is 2.88. The molecule has 2 amide bonds. The minimum atomic E-state index is -0.0702. The van der Waals surface area contributed by atoms with Gasteiger partial charge in [0.1, 0.15) is 0 Å². The van der Waals surface area contributed by atoms with Crippen LogP contribution in [0.5, 0.6) is 0 Å². The Labute approximate surface area is 119 Å². The van der Waals surface area contributed by atoms with Gasteiger partial charge in [0, 0.05) is 40.0 Å². The molecule has 20 heavy (non-hydrogen) atoms. The molecule has 1 fully saturated rings. The molecule has 5 nitrogen and oxygen atoms in total. The molecule has 1 N–H and O–H groups in total. The van der Waals surface area contributed by atoms with Gasteiger partial charge in [-0.05, 0) is 24.6 Å². The predicted molar refractivity (Wildman–Crippen MR) is 79.9 cm³/mol. The Morgan fingerprint density at radius 2 is 1.75 bits per heavy atom. The summed E-state index contributed by atoms with van der Waals surface area (Å²) in [7, 11) is 0. The summed E-state index contributed by atoms with van der Waals surface area (Å²) in [6, 6.07) is 6.05. The Morgan fingerprint density at radius 3 is 2.30 bits per heavy atom. The summed E-state index contributed by atoms with van der Waals surface area (Å²) >= 11 is 0. The Bertz CT molecular complexity index is 520. The zero-order valence-corrected chi connectivity index (χ0v) is 12.3. The number of anilines is 2. The van der Waals surface area contributed by atoms with Crippen molar-refractivity contribution in [3.05, 3.63) is 23.8 Å². The number of benzene rings is 1. The summed E-state index contributed by atoms with van der Waals surface area (Å²) in [6.45, 7) is 8.14. The molecule has 1 aromatic rings. The lowest BCUT2D eigenvalue weighted by Gasteiger charge is -2.36. The third kappa shape index (κ3) is 3.29. The third-order valence-electron chi connectivity index (χ3n) is 3.53. The van der Waals surface area contributed by atoms with E-state index in [9.17, 15) is 9.59 Å². The zero-order chi connectivity index (χ0) is 14.7. The molecule has 5 heteroatoms. The Balaban J connectivity index is 2.16. The number of nitrogens with zero attached hydrogens (tertiary/aromatic N) is 2. The Morgan fingerprint density at radius 1 is 1.10 bits per heavy atom. The highest BCUT2D eigenvalue weighted by Gasteiger charge is 2.20. The maximum Gasteiger partial charge on any atom is 0.221 e. The first kappa shape index (κ1) is 14.4. The summed E-state index contributed by atoms with van der Waals surface area (Å²) in [6.07, 6.45) is 0. The second kappa shape index (κ2) is 5.94. The van der Waals surface area contributed by atoms with Crippen molar-refractivity contribution in [1.82, 2.24) is 4.90 Å². The summed E-state index contributed by atoms with van der Waals surface area (Å²) in [5.74, 6) is 0.0508. The van der Waals surface area contributed by atoms with E-state index in [0.29, 0.717) is 0 Å². The lowest BCUT2D eigenvalue weighted by molar-refractivity contribution is -0.129. The number of hydrogen-bond acceptors (Lipinski definition) is 3. The topological polar surface area (TPSA) is 52.7 Å². The van der Waals surface area contributed by atoms with E-state index in [0.717, 1.165) is 43.1 Å². The fourth-order valence-corrected chi connectivity index (χ4v) is 2.48. The van der Waals surface area contributed by atoms with Crippen molar-refractivity contribution < 1.29 is 9.59 Å². The third-order valence-corrected chi connectivity index (χ3v) is 3.53. The van der Waals surface area contributed by atoms with Gasteiger partial charge in [0.2, 0.25) is 11.8 Å². The van der Waals surface area contributed by atoms with Crippen molar-refractivity contribution in [3.63, 3.8) is 0 Å². The number of hydrogen-bond donors (Lipinski definition) is 1. The first-order valence-electron chi connectivity index (χ1n) is 6.86. The minimum absolute atomic E-state index is 0.0702. The first-order chi connectivity index (χ1) is 9.47. The van der Waals surface area contributed by atoms with Crippen LogP contribution >= 0.6 is 0 Å². The average Bonchev–Trinajstić information content (AvgIpc) is 2.38. The number of rotatable bonds is 2. The summed E-state index contributed by atoms with van der Waals surface area (Å²) < 4.78 is 0. The van der Waals surface area contributed by atoms with Crippen LogP contribution < -0.4 is 10.2 Å². The second-order valence-corrected chi connectivity index (χ2v) is 5.19. The molecule has 0 unspecified atom stereocenters. The first-order valence-corrected chi connectivity index (χ1v) is 6.86. The van der Waals surface area contributed by atoms with E-state index < -0.39 is 0 Å². The van der Waals surface area contributed by atoms with Crippen LogP contribution in [0.15, 0.2) is 18.2 Å². The van der Waals surface area contributed by atoms with Gasteiger partial charge in [-0.2, -0.15) is 0 Å². The smallest absolute Gasteiger partial charge is 0.221 e. The highest BCUT2D eigenvalue weighted by molar-refractivity contribution is 5.93. The summed E-state index contributed by atoms with van der Waals surface area (Å²) in [4.78, 5) is 26.7. The lowest BCUT2D eigenvalue weighted by atomic mass is 10.1. The molecule has 108 valence electrons. The van der Waals surface area contributed by atoms with E-state index in [1.165, 1.54) is 6.92 Å². The van der Waals surface area contributed by atoms with Crippen LogP contribution in [-0.4, -0.2) is 42.9 Å². The van der Waals surface area contributed by atoms with E-state index in [1.54, 1.807) is 6.92 Å². The monoisotopic (exact) mass is 275 g/mol. The molecule has 1 heterocycles. The predicted octanol–water partition coefficient (Wildman–Crippen LogP) is 1.62. The van der Waals surface area contributed by atoms with Crippen LogP contribution in [0.4, 0.5) is 11.4 Å².